The zero-order chi connectivity index (χ0) is 20.8. The van der Waals surface area contributed by atoms with E-state index in [1.165, 1.54) is 11.9 Å². The van der Waals surface area contributed by atoms with E-state index in [0.717, 1.165) is 66.4 Å². The first-order valence-corrected chi connectivity index (χ1v) is 10.9. The molecule has 2 aliphatic rings. The van der Waals surface area contributed by atoms with Crippen LogP contribution < -0.4 is 5.73 Å². The Morgan fingerprint density at radius 2 is 2.00 bits per heavy atom. The Hall–Kier alpha value is -2.09. The Bertz CT molecular complexity index is 967. The first-order valence-electron chi connectivity index (χ1n) is 10.1. The third-order valence-corrected chi connectivity index (χ3v) is 6.86. The smallest absolute Gasteiger partial charge is 0.410 e. The van der Waals surface area contributed by atoms with E-state index in [1.807, 2.05) is 25.7 Å². The van der Waals surface area contributed by atoms with Gasteiger partial charge in [-0.05, 0) is 79.8 Å². The number of nitrogens with one attached hydrogen (secondary N) is 1. The summed E-state index contributed by atoms with van der Waals surface area (Å²) >= 11 is 3.68. The van der Waals surface area contributed by atoms with Gasteiger partial charge < -0.3 is 20.4 Å². The van der Waals surface area contributed by atoms with E-state index in [1.54, 1.807) is 0 Å². The molecule has 1 saturated heterocycles. The number of piperidine rings is 1. The molecule has 8 heteroatoms. The summed E-state index contributed by atoms with van der Waals surface area (Å²) in [6, 6.07) is 0. The number of carbonyl (C=O) groups is 1. The average molecular weight is 462 g/mol. The van der Waals surface area contributed by atoms with Crippen LogP contribution in [0.2, 0.25) is 0 Å². The highest BCUT2D eigenvalue weighted by molar-refractivity contribution is 9.10. The number of hydrogen-bond acceptors (Lipinski definition) is 5. The molecule has 2 aromatic rings. The van der Waals surface area contributed by atoms with Crippen molar-refractivity contribution in [2.45, 2.75) is 58.5 Å². The van der Waals surface area contributed by atoms with Crippen LogP contribution in [0.25, 0.3) is 16.6 Å². The summed E-state index contributed by atoms with van der Waals surface area (Å²) in [7, 11) is 0. The van der Waals surface area contributed by atoms with Crippen LogP contribution in [0.1, 0.15) is 58.6 Å². The highest BCUT2D eigenvalue weighted by atomic mass is 79.9. The van der Waals surface area contributed by atoms with Gasteiger partial charge >= 0.3 is 6.09 Å². The van der Waals surface area contributed by atoms with Crippen LogP contribution in [0.3, 0.4) is 0 Å². The molecular formula is C21H28BrN5O2. The number of nitrogens with zero attached hydrogens (tertiary/aromatic N) is 3. The summed E-state index contributed by atoms with van der Waals surface area (Å²) in [5, 5.41) is 0.842. The molecule has 1 fully saturated rings. The van der Waals surface area contributed by atoms with Gasteiger partial charge in [0.15, 0.2) is 0 Å². The number of allylic oxidation sites excluding steroid dienone is 2. The fraction of sp³-hybridized carbons (Fsp3) is 0.571. The van der Waals surface area contributed by atoms with Crippen LogP contribution in [-0.4, -0.2) is 44.6 Å². The highest BCUT2D eigenvalue weighted by Crippen LogP contribution is 2.47. The van der Waals surface area contributed by atoms with E-state index in [4.69, 9.17) is 10.5 Å². The largest absolute Gasteiger partial charge is 0.444 e. The van der Waals surface area contributed by atoms with Crippen molar-refractivity contribution in [3.05, 3.63) is 22.6 Å². The van der Waals surface area contributed by atoms with Crippen molar-refractivity contribution in [1.29, 1.82) is 0 Å². The lowest BCUT2D eigenvalue weighted by atomic mass is 9.68. The Morgan fingerprint density at radius 3 is 2.59 bits per heavy atom. The number of nitrogens with two attached hydrogens (primary N) is 1. The van der Waals surface area contributed by atoms with Crippen LogP contribution in [0.4, 0.5) is 10.6 Å². The van der Waals surface area contributed by atoms with E-state index in [9.17, 15) is 4.79 Å². The second kappa shape index (κ2) is 7.31. The first kappa shape index (κ1) is 20.2. The molecule has 0 aromatic carbocycles. The van der Waals surface area contributed by atoms with Crippen molar-refractivity contribution >= 4 is 44.4 Å². The number of nitrogen functional groups attached to an aromatic ring is 1. The molecule has 3 heterocycles. The quantitative estimate of drug-likeness (QED) is 0.629. The molecule has 1 aliphatic heterocycles. The van der Waals surface area contributed by atoms with Gasteiger partial charge in [0.25, 0.3) is 0 Å². The third kappa shape index (κ3) is 3.99. The van der Waals surface area contributed by atoms with E-state index < -0.39 is 5.60 Å². The topological polar surface area (TPSA) is 97.1 Å². The summed E-state index contributed by atoms with van der Waals surface area (Å²) in [4.78, 5) is 26.0. The number of rotatable bonds is 1. The molecule has 156 valence electrons. The van der Waals surface area contributed by atoms with Gasteiger partial charge in [-0.3, -0.25) is 0 Å². The van der Waals surface area contributed by atoms with Gasteiger partial charge in [0.1, 0.15) is 23.4 Å². The van der Waals surface area contributed by atoms with Crippen molar-refractivity contribution in [1.82, 2.24) is 19.9 Å². The summed E-state index contributed by atoms with van der Waals surface area (Å²) < 4.78 is 6.46. The van der Waals surface area contributed by atoms with Crippen LogP contribution >= 0.6 is 15.9 Å². The fourth-order valence-electron chi connectivity index (χ4n) is 4.34. The molecule has 1 aliphatic carbocycles. The number of amides is 1. The normalized spacial score (nSPS) is 19.4. The van der Waals surface area contributed by atoms with Gasteiger partial charge in [0, 0.05) is 13.1 Å². The third-order valence-electron chi connectivity index (χ3n) is 6.06. The van der Waals surface area contributed by atoms with Crippen molar-refractivity contribution in [3.63, 3.8) is 0 Å². The van der Waals surface area contributed by atoms with E-state index >= 15 is 0 Å². The number of carbonyl (C=O) groups excluding carboxylic acids is 1. The molecular weight excluding hydrogens is 434 g/mol. The molecule has 0 radical (unpaired) electrons. The number of ether oxygens (including phenoxy) is 1. The van der Waals surface area contributed by atoms with E-state index in [2.05, 4.69) is 37.0 Å². The zero-order valence-corrected chi connectivity index (χ0v) is 18.8. The summed E-state index contributed by atoms with van der Waals surface area (Å²) in [6.07, 6.45) is 8.78. The van der Waals surface area contributed by atoms with Crippen LogP contribution in [0.15, 0.2) is 16.9 Å². The van der Waals surface area contributed by atoms with E-state index in [0.29, 0.717) is 5.82 Å². The lowest BCUT2D eigenvalue weighted by Gasteiger charge is -2.43. The molecule has 4 rings (SSSR count). The zero-order valence-electron chi connectivity index (χ0n) is 17.2. The number of halogens is 1. The standard InChI is InChI=1S/C21H28BrN5O2/c1-20(2,3)29-19(28)27-10-8-21(9-11-27)6-4-13(5-7-21)16-15(22)14-17(23)24-12-25-18(14)26-16/h4,12H,5-11H2,1-3H3,(H3,23,24,25,26). The molecule has 1 amide bonds. The minimum Gasteiger partial charge on any atom is -0.444 e. The number of hydrogen-bond donors (Lipinski definition) is 2. The molecule has 0 atom stereocenters. The van der Waals surface area contributed by atoms with Crippen molar-refractivity contribution in [2.75, 3.05) is 18.8 Å². The van der Waals surface area contributed by atoms with Crippen molar-refractivity contribution in [3.8, 4) is 0 Å². The van der Waals surface area contributed by atoms with Crippen molar-refractivity contribution < 1.29 is 9.53 Å². The minimum atomic E-state index is -0.449. The van der Waals surface area contributed by atoms with Gasteiger partial charge in [-0.15, -0.1) is 0 Å². The molecule has 0 unspecified atom stereocenters. The number of anilines is 1. The Balaban J connectivity index is 1.45. The number of likely N-dealkylation sites (tertiary alicyclic amines) is 1. The molecule has 7 nitrogen and oxygen atoms in total. The van der Waals surface area contributed by atoms with Crippen LogP contribution in [-0.2, 0) is 4.74 Å². The maximum Gasteiger partial charge on any atom is 0.410 e. The number of H-pyrrole nitrogens is 1. The maximum absolute atomic E-state index is 12.3. The second-order valence-corrected chi connectivity index (χ2v) is 9.99. The minimum absolute atomic E-state index is 0.194. The molecule has 1 spiro atoms. The Labute approximate surface area is 179 Å². The predicted molar refractivity (Wildman–Crippen MR) is 117 cm³/mol. The molecule has 2 aromatic heterocycles. The van der Waals surface area contributed by atoms with Crippen LogP contribution in [0, 0.1) is 5.41 Å². The summed E-state index contributed by atoms with van der Waals surface area (Å²) in [5.74, 6) is 0.478. The van der Waals surface area contributed by atoms with Gasteiger partial charge in [-0.2, -0.15) is 0 Å². The predicted octanol–water partition coefficient (Wildman–Crippen LogP) is 4.89. The fourth-order valence-corrected chi connectivity index (χ4v) is 5.09. The van der Waals surface area contributed by atoms with Crippen molar-refractivity contribution in [2.24, 2.45) is 5.41 Å². The lowest BCUT2D eigenvalue weighted by molar-refractivity contribution is 0.00896. The Morgan fingerprint density at radius 1 is 1.28 bits per heavy atom. The van der Waals surface area contributed by atoms with E-state index in [-0.39, 0.29) is 11.5 Å². The second-order valence-electron chi connectivity index (χ2n) is 9.20. The number of aromatic nitrogens is 3. The average Bonchev–Trinajstić information content (AvgIpc) is 2.99. The first-order chi connectivity index (χ1) is 13.7. The summed E-state index contributed by atoms with van der Waals surface area (Å²) in [6.45, 7) is 7.25. The highest BCUT2D eigenvalue weighted by Gasteiger charge is 2.38. The SMILES string of the molecule is CC(C)(C)OC(=O)N1CCC2(CC=C(c3[nH]c4ncnc(N)c4c3Br)CC2)CC1. The van der Waals surface area contributed by atoms with Crippen LogP contribution in [0.5, 0.6) is 0 Å². The molecule has 0 bridgehead atoms. The van der Waals surface area contributed by atoms with Gasteiger partial charge in [0.05, 0.1) is 15.6 Å². The Kier molecular flexibility index (Phi) is 5.09. The summed E-state index contributed by atoms with van der Waals surface area (Å²) in [5.41, 5.74) is 8.94. The van der Waals surface area contributed by atoms with Gasteiger partial charge in [0.2, 0.25) is 0 Å². The molecule has 29 heavy (non-hydrogen) atoms. The monoisotopic (exact) mass is 461 g/mol. The molecule has 0 saturated carbocycles. The number of aromatic amines is 1. The van der Waals surface area contributed by atoms with Gasteiger partial charge in [-0.25, -0.2) is 14.8 Å². The maximum atomic E-state index is 12.3. The van der Waals surface area contributed by atoms with Gasteiger partial charge in [-0.1, -0.05) is 6.08 Å². The molecule has 3 N–H and O–H groups in total. The number of fused-ring (bicyclic) bond motifs is 1. The lowest BCUT2D eigenvalue weighted by Crippen LogP contribution is -2.45.